The maximum atomic E-state index is 12.5. The quantitative estimate of drug-likeness (QED) is 0.0421. The first-order valence-corrected chi connectivity index (χ1v) is 28.9. The van der Waals surface area contributed by atoms with Gasteiger partial charge in [0.05, 0.1) is 18.8 Å². The molecule has 0 aliphatic rings. The summed E-state index contributed by atoms with van der Waals surface area (Å²) >= 11 is 0. The first-order valence-electron chi connectivity index (χ1n) is 28.9. The molecule has 62 heavy (non-hydrogen) atoms. The molecule has 0 fully saturated rings. The Labute approximate surface area is 390 Å². The van der Waals surface area contributed by atoms with Gasteiger partial charge in [-0.25, -0.2) is 0 Å². The van der Waals surface area contributed by atoms with Gasteiger partial charge < -0.3 is 15.5 Å². The van der Waals surface area contributed by atoms with Crippen LogP contribution in [0.25, 0.3) is 0 Å². The molecule has 0 aromatic carbocycles. The van der Waals surface area contributed by atoms with Crippen molar-refractivity contribution in [3.8, 4) is 0 Å². The topological polar surface area (TPSA) is 69.6 Å². The second-order valence-electron chi connectivity index (χ2n) is 20.1. The van der Waals surface area contributed by atoms with Crippen LogP contribution in [0.1, 0.15) is 335 Å². The van der Waals surface area contributed by atoms with E-state index >= 15 is 0 Å². The van der Waals surface area contributed by atoms with Gasteiger partial charge in [-0.2, -0.15) is 0 Å². The molecule has 2 unspecified atom stereocenters. The van der Waals surface area contributed by atoms with E-state index in [1.54, 1.807) is 0 Å². The van der Waals surface area contributed by atoms with Gasteiger partial charge in [0.2, 0.25) is 5.91 Å². The van der Waals surface area contributed by atoms with Gasteiger partial charge in [0.25, 0.3) is 0 Å². The summed E-state index contributed by atoms with van der Waals surface area (Å²) in [7, 11) is 0. The van der Waals surface area contributed by atoms with Crippen LogP contribution in [0.5, 0.6) is 0 Å². The second kappa shape index (κ2) is 54.5. The number of aliphatic hydroxyl groups is 2. The van der Waals surface area contributed by atoms with Gasteiger partial charge in [-0.05, 0) is 38.5 Å². The zero-order valence-corrected chi connectivity index (χ0v) is 42.7. The van der Waals surface area contributed by atoms with E-state index in [-0.39, 0.29) is 12.5 Å². The van der Waals surface area contributed by atoms with Gasteiger partial charge in [0.15, 0.2) is 0 Å². The fourth-order valence-corrected chi connectivity index (χ4v) is 9.36. The van der Waals surface area contributed by atoms with Crippen molar-refractivity contribution < 1.29 is 15.0 Å². The molecule has 0 aromatic heterocycles. The molecular formula is C58H115NO3. The Bertz CT molecular complexity index is 860. The van der Waals surface area contributed by atoms with Crippen LogP contribution in [-0.4, -0.2) is 34.9 Å². The number of aliphatic hydroxyl groups excluding tert-OH is 2. The predicted molar refractivity (Wildman–Crippen MR) is 276 cm³/mol. The summed E-state index contributed by atoms with van der Waals surface area (Å²) in [5.74, 6) is -0.0246. The molecule has 0 saturated heterocycles. The van der Waals surface area contributed by atoms with Gasteiger partial charge in [0.1, 0.15) is 0 Å². The molecular weight excluding hydrogens is 759 g/mol. The molecule has 0 heterocycles. The van der Waals surface area contributed by atoms with Crippen LogP contribution < -0.4 is 5.32 Å². The minimum atomic E-state index is -0.657. The summed E-state index contributed by atoms with van der Waals surface area (Å²) in [6.45, 7) is 4.40. The first-order chi connectivity index (χ1) is 30.7. The lowest BCUT2D eigenvalue weighted by Crippen LogP contribution is -2.45. The second-order valence-corrected chi connectivity index (χ2v) is 20.1. The highest BCUT2D eigenvalue weighted by atomic mass is 16.3. The molecule has 3 N–H and O–H groups in total. The van der Waals surface area contributed by atoms with Crippen LogP contribution in [0, 0.1) is 0 Å². The maximum Gasteiger partial charge on any atom is 0.220 e. The highest BCUT2D eigenvalue weighted by molar-refractivity contribution is 5.76. The summed E-state index contributed by atoms with van der Waals surface area (Å²) in [4.78, 5) is 12.5. The van der Waals surface area contributed by atoms with Gasteiger partial charge in [-0.3, -0.25) is 4.79 Å². The van der Waals surface area contributed by atoms with E-state index in [0.717, 1.165) is 25.7 Å². The Morgan fingerprint density at radius 1 is 0.371 bits per heavy atom. The monoisotopic (exact) mass is 874 g/mol. The van der Waals surface area contributed by atoms with Gasteiger partial charge in [-0.1, -0.05) is 302 Å². The van der Waals surface area contributed by atoms with Crippen LogP contribution in [0.15, 0.2) is 12.2 Å². The van der Waals surface area contributed by atoms with E-state index in [1.807, 2.05) is 0 Å². The number of hydrogen-bond donors (Lipinski definition) is 3. The third kappa shape index (κ3) is 50.1. The van der Waals surface area contributed by atoms with Crippen molar-refractivity contribution in [3.63, 3.8) is 0 Å². The smallest absolute Gasteiger partial charge is 0.220 e. The van der Waals surface area contributed by atoms with E-state index in [1.165, 1.54) is 283 Å². The fraction of sp³-hybridized carbons (Fsp3) is 0.948. The molecule has 1 amide bonds. The minimum Gasteiger partial charge on any atom is -0.394 e. The van der Waals surface area contributed by atoms with E-state index in [4.69, 9.17) is 0 Å². The van der Waals surface area contributed by atoms with E-state index in [9.17, 15) is 15.0 Å². The largest absolute Gasteiger partial charge is 0.394 e. The van der Waals surface area contributed by atoms with Crippen LogP contribution in [-0.2, 0) is 4.79 Å². The molecule has 0 aromatic rings. The molecule has 0 saturated carbocycles. The SMILES string of the molecule is CCCCCCCCCC/C=C\CCCCCCCCCCCCCCCC(=O)NC(CO)C(O)CCCCCCCCCCCCCCCCCCCCCCCCCCC. The van der Waals surface area contributed by atoms with Crippen LogP contribution in [0.3, 0.4) is 0 Å². The molecule has 0 aliphatic heterocycles. The van der Waals surface area contributed by atoms with Crippen LogP contribution in [0.4, 0.5) is 0 Å². The van der Waals surface area contributed by atoms with Crippen molar-refractivity contribution in [3.05, 3.63) is 12.2 Å². The number of allylic oxidation sites excluding steroid dienone is 2. The minimum absolute atomic E-state index is 0.0246. The molecule has 0 rings (SSSR count). The Kier molecular flexibility index (Phi) is 53.7. The predicted octanol–water partition coefficient (Wildman–Crippen LogP) is 18.9. The number of amides is 1. The van der Waals surface area contributed by atoms with Gasteiger partial charge >= 0.3 is 0 Å². The van der Waals surface area contributed by atoms with Crippen LogP contribution in [0.2, 0.25) is 0 Å². The molecule has 4 nitrogen and oxygen atoms in total. The summed E-state index contributed by atoms with van der Waals surface area (Å²) < 4.78 is 0. The van der Waals surface area contributed by atoms with Crippen molar-refractivity contribution in [2.45, 2.75) is 347 Å². The maximum absolute atomic E-state index is 12.5. The van der Waals surface area contributed by atoms with Gasteiger partial charge in [-0.15, -0.1) is 0 Å². The Balaban J connectivity index is 3.42. The zero-order chi connectivity index (χ0) is 44.9. The number of carbonyl (C=O) groups excluding carboxylic acids is 1. The number of rotatable bonds is 54. The van der Waals surface area contributed by atoms with Crippen molar-refractivity contribution in [2.75, 3.05) is 6.61 Å². The highest BCUT2D eigenvalue weighted by Crippen LogP contribution is 2.18. The third-order valence-electron chi connectivity index (χ3n) is 13.8. The third-order valence-corrected chi connectivity index (χ3v) is 13.8. The lowest BCUT2D eigenvalue weighted by atomic mass is 10.0. The molecule has 0 spiro atoms. The van der Waals surface area contributed by atoms with E-state index < -0.39 is 12.1 Å². The standard InChI is InChI=1S/C58H115NO3/c1-3-5-7-9-11-13-15-17-19-21-23-25-27-29-31-33-35-37-39-41-43-45-47-49-51-53-57(61)56(55-60)59-58(62)54-52-50-48-46-44-42-40-38-36-34-32-30-28-26-24-22-20-18-16-14-12-10-8-6-4-2/h22,24,56-57,60-61H,3-21,23,25-55H2,1-2H3,(H,59,62)/b24-22-. The molecule has 0 bridgehead atoms. The Morgan fingerprint density at radius 3 is 0.887 bits per heavy atom. The number of nitrogens with one attached hydrogen (secondary N) is 1. The summed E-state index contributed by atoms with van der Waals surface area (Å²) in [5.41, 5.74) is 0. The zero-order valence-electron chi connectivity index (χ0n) is 42.7. The Hall–Kier alpha value is -0.870. The average Bonchev–Trinajstić information content (AvgIpc) is 3.28. The van der Waals surface area contributed by atoms with Crippen molar-refractivity contribution in [1.29, 1.82) is 0 Å². The van der Waals surface area contributed by atoms with E-state index in [2.05, 4.69) is 31.3 Å². The summed E-state index contributed by atoms with van der Waals surface area (Å²) in [5, 5.41) is 23.4. The lowest BCUT2D eigenvalue weighted by Gasteiger charge is -2.22. The van der Waals surface area contributed by atoms with Crippen LogP contribution >= 0.6 is 0 Å². The van der Waals surface area contributed by atoms with E-state index in [0.29, 0.717) is 12.8 Å². The normalized spacial score (nSPS) is 12.8. The summed E-state index contributed by atoms with van der Waals surface area (Å²) in [6.07, 6.45) is 70.6. The number of unbranched alkanes of at least 4 members (excludes halogenated alkanes) is 45. The van der Waals surface area contributed by atoms with Gasteiger partial charge in [0, 0.05) is 6.42 Å². The molecule has 370 valence electrons. The molecule has 0 aliphatic carbocycles. The van der Waals surface area contributed by atoms with Crippen molar-refractivity contribution >= 4 is 5.91 Å². The average molecular weight is 875 g/mol. The molecule has 0 radical (unpaired) electrons. The Morgan fingerprint density at radius 2 is 0.613 bits per heavy atom. The van der Waals surface area contributed by atoms with Crippen molar-refractivity contribution in [1.82, 2.24) is 5.32 Å². The highest BCUT2D eigenvalue weighted by Gasteiger charge is 2.20. The summed E-state index contributed by atoms with van der Waals surface area (Å²) in [6, 6.07) is -0.534. The molecule has 4 heteroatoms. The van der Waals surface area contributed by atoms with Crippen molar-refractivity contribution in [2.24, 2.45) is 0 Å². The first kappa shape index (κ1) is 61.1. The lowest BCUT2D eigenvalue weighted by molar-refractivity contribution is -0.123. The fourth-order valence-electron chi connectivity index (χ4n) is 9.36. The number of carbonyl (C=O) groups is 1. The molecule has 2 atom stereocenters. The number of hydrogen-bond acceptors (Lipinski definition) is 3.